The van der Waals surface area contributed by atoms with Gasteiger partial charge in [-0.3, -0.25) is 4.79 Å². The molecule has 1 aromatic carbocycles. The molecular weight excluding hydrogens is 394 g/mol. The Labute approximate surface area is 168 Å². The van der Waals surface area contributed by atoms with Crippen LogP contribution in [0.4, 0.5) is 5.13 Å². The second-order valence-corrected chi connectivity index (χ2v) is 11.0. The molecule has 0 spiro atoms. The summed E-state index contributed by atoms with van der Waals surface area (Å²) >= 11 is 1.34. The third-order valence-corrected chi connectivity index (χ3v) is 8.99. The van der Waals surface area contributed by atoms with Crippen molar-refractivity contribution in [3.8, 4) is 0 Å². The predicted molar refractivity (Wildman–Crippen MR) is 110 cm³/mol. The molecule has 3 atom stereocenters. The lowest BCUT2D eigenvalue weighted by Gasteiger charge is -2.25. The average Bonchev–Trinajstić information content (AvgIpc) is 3.43. The fourth-order valence-electron chi connectivity index (χ4n) is 4.65. The lowest BCUT2D eigenvalue weighted by atomic mass is 9.93. The van der Waals surface area contributed by atoms with Gasteiger partial charge in [-0.05, 0) is 55.7 Å². The van der Waals surface area contributed by atoms with Crippen molar-refractivity contribution >= 4 is 42.6 Å². The minimum atomic E-state index is -3.47. The SMILES string of the molecule is O=C(Nc1nc2ccc(S(=O)(=O)N3CCCCC3)cc2s1)[C@H]1C[C@H]2C=C[C@H]1C2. The molecular formula is C20H23N3O3S2. The van der Waals surface area contributed by atoms with E-state index >= 15 is 0 Å². The minimum absolute atomic E-state index is 0.0250. The van der Waals surface area contributed by atoms with E-state index < -0.39 is 10.0 Å². The van der Waals surface area contributed by atoms with Crippen LogP contribution in [0.15, 0.2) is 35.2 Å². The molecule has 2 fully saturated rings. The lowest BCUT2D eigenvalue weighted by Crippen LogP contribution is -2.35. The lowest BCUT2D eigenvalue weighted by molar-refractivity contribution is -0.120. The molecule has 8 heteroatoms. The Balaban J connectivity index is 1.36. The van der Waals surface area contributed by atoms with E-state index in [9.17, 15) is 13.2 Å². The van der Waals surface area contributed by atoms with E-state index in [-0.39, 0.29) is 11.8 Å². The van der Waals surface area contributed by atoms with Gasteiger partial charge >= 0.3 is 0 Å². The Morgan fingerprint density at radius 2 is 1.96 bits per heavy atom. The quantitative estimate of drug-likeness (QED) is 0.771. The van der Waals surface area contributed by atoms with Crippen molar-refractivity contribution in [1.29, 1.82) is 0 Å². The number of benzene rings is 1. The molecule has 5 rings (SSSR count). The Hall–Kier alpha value is -1.77. The summed E-state index contributed by atoms with van der Waals surface area (Å²) in [4.78, 5) is 17.4. The van der Waals surface area contributed by atoms with E-state index in [4.69, 9.17) is 0 Å². The van der Waals surface area contributed by atoms with Crippen LogP contribution in [0.5, 0.6) is 0 Å². The largest absolute Gasteiger partial charge is 0.302 e. The van der Waals surface area contributed by atoms with Gasteiger partial charge in [0.2, 0.25) is 15.9 Å². The van der Waals surface area contributed by atoms with Gasteiger partial charge in [-0.1, -0.05) is 29.9 Å². The normalized spacial score (nSPS) is 27.5. The third kappa shape index (κ3) is 3.17. The van der Waals surface area contributed by atoms with Gasteiger partial charge in [0.15, 0.2) is 5.13 Å². The van der Waals surface area contributed by atoms with Crippen molar-refractivity contribution in [3.63, 3.8) is 0 Å². The van der Waals surface area contributed by atoms with Crippen LogP contribution in [0.2, 0.25) is 0 Å². The molecule has 1 amide bonds. The fraction of sp³-hybridized carbons (Fsp3) is 0.500. The maximum Gasteiger partial charge on any atom is 0.243 e. The second kappa shape index (κ2) is 6.93. The molecule has 1 aliphatic heterocycles. The van der Waals surface area contributed by atoms with Crippen LogP contribution >= 0.6 is 11.3 Å². The van der Waals surface area contributed by atoms with Crippen molar-refractivity contribution < 1.29 is 13.2 Å². The highest BCUT2D eigenvalue weighted by Crippen LogP contribution is 2.44. The number of anilines is 1. The number of rotatable bonds is 4. The minimum Gasteiger partial charge on any atom is -0.302 e. The summed E-state index contributed by atoms with van der Waals surface area (Å²) in [6.45, 7) is 1.17. The third-order valence-electron chi connectivity index (χ3n) is 6.16. The van der Waals surface area contributed by atoms with E-state index in [1.165, 1.54) is 11.3 Å². The van der Waals surface area contributed by atoms with Crippen LogP contribution in [0, 0.1) is 17.8 Å². The van der Waals surface area contributed by atoms with Crippen molar-refractivity contribution in [3.05, 3.63) is 30.4 Å². The number of nitrogens with one attached hydrogen (secondary N) is 1. The summed E-state index contributed by atoms with van der Waals surface area (Å²) in [5.74, 6) is 0.938. The van der Waals surface area contributed by atoms with E-state index in [1.54, 1.807) is 22.5 Å². The van der Waals surface area contributed by atoms with Crippen LogP contribution < -0.4 is 5.32 Å². The van der Waals surface area contributed by atoms with Crippen LogP contribution in [0.3, 0.4) is 0 Å². The highest BCUT2D eigenvalue weighted by atomic mass is 32.2. The molecule has 148 valence electrons. The van der Waals surface area contributed by atoms with Crippen LogP contribution in [-0.2, 0) is 14.8 Å². The summed E-state index contributed by atoms with van der Waals surface area (Å²) in [6, 6.07) is 5.05. The topological polar surface area (TPSA) is 79.4 Å². The number of piperidine rings is 1. The van der Waals surface area contributed by atoms with Crippen molar-refractivity contribution in [2.75, 3.05) is 18.4 Å². The fourth-order valence-corrected chi connectivity index (χ4v) is 7.18. The van der Waals surface area contributed by atoms with E-state index in [0.717, 1.165) is 36.8 Å². The van der Waals surface area contributed by atoms with Crippen molar-refractivity contribution in [1.82, 2.24) is 9.29 Å². The molecule has 0 radical (unpaired) electrons. The van der Waals surface area contributed by atoms with Crippen molar-refractivity contribution in [2.24, 2.45) is 17.8 Å². The molecule has 28 heavy (non-hydrogen) atoms. The molecule has 0 unspecified atom stereocenters. The number of hydrogen-bond acceptors (Lipinski definition) is 5. The Morgan fingerprint density at radius 3 is 2.68 bits per heavy atom. The summed E-state index contributed by atoms with van der Waals surface area (Å²) in [7, 11) is -3.47. The number of nitrogens with zero attached hydrogens (tertiary/aromatic N) is 2. The summed E-state index contributed by atoms with van der Waals surface area (Å²) in [5.41, 5.74) is 0.714. The number of hydrogen-bond donors (Lipinski definition) is 1. The molecule has 1 saturated heterocycles. The zero-order valence-electron chi connectivity index (χ0n) is 15.5. The van der Waals surface area contributed by atoms with Gasteiger partial charge < -0.3 is 5.32 Å². The number of allylic oxidation sites excluding steroid dienone is 2. The zero-order valence-corrected chi connectivity index (χ0v) is 17.1. The van der Waals surface area contributed by atoms with Gasteiger partial charge in [-0.15, -0.1) is 0 Å². The Bertz CT molecular complexity index is 1050. The molecule has 1 saturated carbocycles. The molecule has 2 heterocycles. The molecule has 2 aliphatic carbocycles. The maximum atomic E-state index is 12.9. The van der Waals surface area contributed by atoms with E-state index in [0.29, 0.717) is 40.5 Å². The molecule has 2 bridgehead atoms. The molecule has 1 aromatic heterocycles. The number of sulfonamides is 1. The average molecular weight is 418 g/mol. The van der Waals surface area contributed by atoms with Crippen molar-refractivity contribution in [2.45, 2.75) is 37.0 Å². The van der Waals surface area contributed by atoms with Crippen LogP contribution in [0.25, 0.3) is 10.2 Å². The van der Waals surface area contributed by atoms with E-state index in [1.807, 2.05) is 0 Å². The smallest absolute Gasteiger partial charge is 0.243 e. The van der Waals surface area contributed by atoms with Crippen LogP contribution in [-0.4, -0.2) is 36.7 Å². The van der Waals surface area contributed by atoms with Gasteiger partial charge in [0.05, 0.1) is 15.1 Å². The number of carbonyl (C=O) groups is 1. The second-order valence-electron chi connectivity index (χ2n) is 7.99. The zero-order chi connectivity index (χ0) is 19.3. The van der Waals surface area contributed by atoms with Gasteiger partial charge in [0.1, 0.15) is 0 Å². The predicted octanol–water partition coefficient (Wildman–Crippen LogP) is 3.62. The first-order valence-electron chi connectivity index (χ1n) is 9.91. The van der Waals surface area contributed by atoms with Gasteiger partial charge in [-0.2, -0.15) is 4.31 Å². The molecule has 2 aromatic rings. The monoisotopic (exact) mass is 417 g/mol. The molecule has 1 N–H and O–H groups in total. The highest BCUT2D eigenvalue weighted by Gasteiger charge is 2.40. The summed E-state index contributed by atoms with van der Waals surface area (Å²) in [5, 5.41) is 3.50. The Morgan fingerprint density at radius 1 is 1.14 bits per heavy atom. The molecule has 6 nitrogen and oxygen atoms in total. The number of thiazole rings is 1. The van der Waals surface area contributed by atoms with Gasteiger partial charge in [-0.25, -0.2) is 13.4 Å². The number of amides is 1. The van der Waals surface area contributed by atoms with Crippen LogP contribution in [0.1, 0.15) is 32.1 Å². The first-order chi connectivity index (χ1) is 13.5. The molecule has 3 aliphatic rings. The van der Waals surface area contributed by atoms with Gasteiger partial charge in [0.25, 0.3) is 0 Å². The Kier molecular flexibility index (Phi) is 4.52. The summed E-state index contributed by atoms with van der Waals surface area (Å²) < 4.78 is 28.1. The summed E-state index contributed by atoms with van der Waals surface area (Å²) in [6.07, 6.45) is 9.28. The van der Waals surface area contributed by atoms with Gasteiger partial charge in [0, 0.05) is 19.0 Å². The maximum absolute atomic E-state index is 12.9. The standard InChI is InChI=1S/C20H23N3O3S2/c24-19(16-11-13-4-5-14(16)10-13)22-20-21-17-7-6-15(12-18(17)27-20)28(25,26)23-8-2-1-3-9-23/h4-7,12-14,16H,1-3,8-11H2,(H,21,22,24)/t13-,14-,16-/m0/s1. The first-order valence-corrected chi connectivity index (χ1v) is 12.2. The number of fused-ring (bicyclic) bond motifs is 3. The first kappa shape index (κ1) is 18.3. The van der Waals surface area contributed by atoms with E-state index in [2.05, 4.69) is 22.5 Å². The number of aromatic nitrogens is 1. The highest BCUT2D eigenvalue weighted by molar-refractivity contribution is 7.89. The number of carbonyl (C=O) groups excluding carboxylic acids is 1.